The van der Waals surface area contributed by atoms with Gasteiger partial charge in [-0.15, -0.1) is 0 Å². The monoisotopic (exact) mass is 337 g/mol. The lowest BCUT2D eigenvalue weighted by molar-refractivity contribution is 0.0949. The fraction of sp³-hybridized carbons (Fsp3) is 0.278. The first-order valence-electron chi connectivity index (χ1n) is 8.38. The largest absolute Gasteiger partial charge is 0.494 e. The van der Waals surface area contributed by atoms with E-state index in [9.17, 15) is 4.79 Å². The lowest BCUT2D eigenvalue weighted by Gasteiger charge is -2.10. The molecular formula is C18H19N5O2. The van der Waals surface area contributed by atoms with E-state index in [4.69, 9.17) is 4.74 Å². The maximum Gasteiger partial charge on any atom is 0.270 e. The van der Waals surface area contributed by atoms with Crippen LogP contribution in [-0.2, 0) is 0 Å². The summed E-state index contributed by atoms with van der Waals surface area (Å²) in [5.41, 5.74) is 2.86. The minimum atomic E-state index is -0.180. The number of hydrogen-bond acceptors (Lipinski definition) is 5. The highest BCUT2D eigenvalue weighted by atomic mass is 16.5. The highest BCUT2D eigenvalue weighted by Gasteiger charge is 2.13. The second-order valence-electron chi connectivity index (χ2n) is 5.87. The molecule has 0 saturated heterocycles. The van der Waals surface area contributed by atoms with Crippen LogP contribution in [0.25, 0.3) is 16.8 Å². The number of carbonyl (C=O) groups is 1. The summed E-state index contributed by atoms with van der Waals surface area (Å²) in [5.74, 6) is 0.637. The molecule has 0 unspecified atom stereocenters. The number of rotatable bonds is 0. The van der Waals surface area contributed by atoms with Gasteiger partial charge in [-0.3, -0.25) is 4.79 Å². The van der Waals surface area contributed by atoms with Gasteiger partial charge in [0.1, 0.15) is 11.4 Å². The second kappa shape index (κ2) is 6.90. The maximum atomic E-state index is 12.3. The van der Waals surface area contributed by atoms with Crippen molar-refractivity contribution < 1.29 is 9.53 Å². The molecule has 2 aromatic heterocycles. The van der Waals surface area contributed by atoms with Gasteiger partial charge in [-0.1, -0.05) is 12.1 Å². The van der Waals surface area contributed by atoms with E-state index in [1.807, 2.05) is 24.3 Å². The van der Waals surface area contributed by atoms with Crippen molar-refractivity contribution in [1.29, 1.82) is 0 Å². The summed E-state index contributed by atoms with van der Waals surface area (Å²) in [5, 5.41) is 10.5. The van der Waals surface area contributed by atoms with Crippen LogP contribution in [0.2, 0.25) is 0 Å². The molecule has 4 bridgehead atoms. The summed E-state index contributed by atoms with van der Waals surface area (Å²) >= 11 is 0. The third kappa shape index (κ3) is 3.32. The number of benzene rings is 1. The van der Waals surface area contributed by atoms with Crippen LogP contribution in [0.3, 0.4) is 0 Å². The van der Waals surface area contributed by atoms with Crippen LogP contribution in [0.1, 0.15) is 16.9 Å². The number of fused-ring (bicyclic) bond motifs is 4. The Hall–Kier alpha value is -2.93. The van der Waals surface area contributed by atoms with Gasteiger partial charge in [-0.25, -0.2) is 9.50 Å². The van der Waals surface area contributed by atoms with Crippen molar-refractivity contribution in [3.05, 3.63) is 48.4 Å². The third-order valence-corrected chi connectivity index (χ3v) is 4.10. The van der Waals surface area contributed by atoms with Crippen LogP contribution in [0, 0.1) is 0 Å². The Morgan fingerprint density at radius 3 is 3.08 bits per heavy atom. The first-order chi connectivity index (χ1) is 12.3. The van der Waals surface area contributed by atoms with Crippen molar-refractivity contribution in [3.63, 3.8) is 0 Å². The van der Waals surface area contributed by atoms with Gasteiger partial charge in [-0.2, -0.15) is 5.10 Å². The number of nitrogens with one attached hydrogen (secondary N) is 2. The van der Waals surface area contributed by atoms with Crippen LogP contribution in [-0.4, -0.2) is 46.7 Å². The average Bonchev–Trinajstić information content (AvgIpc) is 3.06. The van der Waals surface area contributed by atoms with Crippen molar-refractivity contribution in [3.8, 4) is 16.9 Å². The molecule has 0 spiro atoms. The van der Waals surface area contributed by atoms with Gasteiger partial charge in [0.25, 0.3) is 5.91 Å². The Bertz CT molecular complexity index is 905. The molecule has 1 amide bonds. The molecule has 0 atom stereocenters. The summed E-state index contributed by atoms with van der Waals surface area (Å²) in [6, 6.07) is 9.53. The molecule has 0 saturated carbocycles. The van der Waals surface area contributed by atoms with Crippen LogP contribution in [0.5, 0.6) is 5.75 Å². The van der Waals surface area contributed by atoms with Gasteiger partial charge in [0.2, 0.25) is 0 Å². The van der Waals surface area contributed by atoms with Gasteiger partial charge in [0.15, 0.2) is 5.65 Å². The quantitative estimate of drug-likeness (QED) is 0.650. The minimum absolute atomic E-state index is 0.180. The van der Waals surface area contributed by atoms with Crippen LogP contribution >= 0.6 is 0 Å². The first-order valence-corrected chi connectivity index (χ1v) is 8.38. The summed E-state index contributed by atoms with van der Waals surface area (Å²) < 4.78 is 7.51. The fourth-order valence-corrected chi connectivity index (χ4v) is 2.82. The standard InChI is InChI=1S/C18H19N5O2/c24-18-16-5-9-23-17(22-16)15(12-21-23)13-3-1-4-14(11-13)25-10-2-6-19-7-8-20-18/h1,3-5,9,11-12,19H,2,6-8,10H2,(H,20,24). The molecule has 2 N–H and O–H groups in total. The van der Waals surface area contributed by atoms with Crippen LogP contribution in [0.4, 0.5) is 0 Å². The topological polar surface area (TPSA) is 80.5 Å². The molecule has 1 aliphatic rings. The van der Waals surface area contributed by atoms with E-state index < -0.39 is 0 Å². The van der Waals surface area contributed by atoms with Crippen molar-refractivity contribution in [2.24, 2.45) is 0 Å². The number of ether oxygens (including phenoxy) is 1. The molecule has 1 aromatic carbocycles. The SMILES string of the molecule is O=C1NCCNCCCOc2cccc(c2)-c2cnn3ccc1nc23. The normalized spacial score (nSPS) is 15.8. The number of amides is 1. The van der Waals surface area contributed by atoms with E-state index >= 15 is 0 Å². The summed E-state index contributed by atoms with van der Waals surface area (Å²) in [4.78, 5) is 16.8. The summed E-state index contributed by atoms with van der Waals surface area (Å²) in [6.07, 6.45) is 4.41. The van der Waals surface area contributed by atoms with E-state index in [0.717, 1.165) is 29.8 Å². The zero-order valence-electron chi connectivity index (χ0n) is 13.7. The summed E-state index contributed by atoms with van der Waals surface area (Å²) in [6.45, 7) is 2.74. The minimum Gasteiger partial charge on any atom is -0.494 e. The van der Waals surface area contributed by atoms with E-state index in [1.165, 1.54) is 0 Å². The molecule has 1 aliphatic heterocycles. The smallest absolute Gasteiger partial charge is 0.270 e. The lowest BCUT2D eigenvalue weighted by atomic mass is 10.1. The van der Waals surface area contributed by atoms with Crippen LogP contribution in [0.15, 0.2) is 42.7 Å². The molecule has 0 radical (unpaired) electrons. The predicted octanol–water partition coefficient (Wildman–Crippen LogP) is 1.50. The number of aromatic nitrogens is 3. The Morgan fingerprint density at radius 2 is 2.12 bits per heavy atom. The molecule has 0 aliphatic carbocycles. The molecule has 7 heteroatoms. The molecule has 3 aromatic rings. The van der Waals surface area contributed by atoms with Gasteiger partial charge in [-0.05, 0) is 36.7 Å². The Kier molecular flexibility index (Phi) is 4.30. The molecule has 7 nitrogen and oxygen atoms in total. The van der Waals surface area contributed by atoms with E-state index in [1.54, 1.807) is 23.0 Å². The average molecular weight is 337 g/mol. The zero-order chi connectivity index (χ0) is 17.1. The number of nitrogens with zero attached hydrogens (tertiary/aromatic N) is 3. The third-order valence-electron chi connectivity index (χ3n) is 4.10. The molecule has 3 heterocycles. The summed E-state index contributed by atoms with van der Waals surface area (Å²) in [7, 11) is 0. The van der Waals surface area contributed by atoms with Gasteiger partial charge in [0.05, 0.1) is 12.8 Å². The Balaban J connectivity index is 1.77. The van der Waals surface area contributed by atoms with Crippen molar-refractivity contribution in [2.75, 3.05) is 26.2 Å². The Labute approximate surface area is 145 Å². The van der Waals surface area contributed by atoms with E-state index in [0.29, 0.717) is 31.0 Å². The molecular weight excluding hydrogens is 318 g/mol. The maximum absolute atomic E-state index is 12.3. The van der Waals surface area contributed by atoms with E-state index in [2.05, 4.69) is 20.7 Å². The zero-order valence-corrected chi connectivity index (χ0v) is 13.7. The highest BCUT2D eigenvalue weighted by Crippen LogP contribution is 2.27. The first kappa shape index (κ1) is 15.6. The second-order valence-corrected chi connectivity index (χ2v) is 5.87. The van der Waals surface area contributed by atoms with Gasteiger partial charge < -0.3 is 15.4 Å². The highest BCUT2D eigenvalue weighted by molar-refractivity contribution is 5.93. The van der Waals surface area contributed by atoms with Gasteiger partial charge in [0, 0.05) is 24.8 Å². The molecule has 0 fully saturated rings. The fourth-order valence-electron chi connectivity index (χ4n) is 2.82. The predicted molar refractivity (Wildman–Crippen MR) is 93.7 cm³/mol. The number of hydrogen-bond donors (Lipinski definition) is 2. The van der Waals surface area contributed by atoms with Crippen molar-refractivity contribution >= 4 is 11.6 Å². The lowest BCUT2D eigenvalue weighted by Crippen LogP contribution is -2.33. The van der Waals surface area contributed by atoms with Crippen LogP contribution < -0.4 is 15.4 Å². The van der Waals surface area contributed by atoms with Crippen molar-refractivity contribution in [1.82, 2.24) is 25.2 Å². The van der Waals surface area contributed by atoms with Crippen molar-refractivity contribution in [2.45, 2.75) is 6.42 Å². The molecule has 128 valence electrons. The Morgan fingerprint density at radius 1 is 1.16 bits per heavy atom. The van der Waals surface area contributed by atoms with Gasteiger partial charge >= 0.3 is 0 Å². The van der Waals surface area contributed by atoms with E-state index in [-0.39, 0.29) is 5.91 Å². The molecule has 4 rings (SSSR count). The molecule has 25 heavy (non-hydrogen) atoms. The number of carbonyl (C=O) groups excluding carboxylic acids is 1.